The molecule has 0 fully saturated rings. The summed E-state index contributed by atoms with van der Waals surface area (Å²) in [5, 5.41) is 6.18. The minimum Gasteiger partial charge on any atom is -0.348 e. The van der Waals surface area contributed by atoms with Crippen molar-refractivity contribution in [1.29, 1.82) is 0 Å². The third-order valence-corrected chi connectivity index (χ3v) is 2.83. The molecule has 1 aliphatic heterocycles. The zero-order valence-corrected chi connectivity index (χ0v) is 10.8. The van der Waals surface area contributed by atoms with Crippen LogP contribution >= 0.6 is 34.8 Å². The van der Waals surface area contributed by atoms with Crippen LogP contribution in [0.3, 0.4) is 0 Å². The molecule has 1 aliphatic rings. The molecule has 16 heavy (non-hydrogen) atoms. The number of carbonyl (C=O) groups excluding carboxylic acids is 2. The van der Waals surface area contributed by atoms with Crippen LogP contribution in [0.5, 0.6) is 0 Å². The summed E-state index contributed by atoms with van der Waals surface area (Å²) in [7, 11) is 0. The fourth-order valence-corrected chi connectivity index (χ4v) is 1.98. The Morgan fingerprint density at radius 2 is 2.12 bits per heavy atom. The first-order chi connectivity index (χ1) is 7.23. The minimum absolute atomic E-state index is 0.385. The van der Waals surface area contributed by atoms with E-state index >= 15 is 0 Å². The van der Waals surface area contributed by atoms with Crippen molar-refractivity contribution < 1.29 is 9.59 Å². The number of hydrogen-bond acceptors (Lipinski definition) is 3. The number of hydrazone groups is 1. The highest BCUT2D eigenvalue weighted by molar-refractivity contribution is 6.68. The number of rotatable bonds is 2. The molecule has 0 aromatic heterocycles. The molecule has 0 unspecified atom stereocenters. The summed E-state index contributed by atoms with van der Waals surface area (Å²) in [6.07, 6.45) is 0. The van der Waals surface area contributed by atoms with Crippen LogP contribution in [-0.4, -0.2) is 27.4 Å². The molecule has 0 radical (unpaired) electrons. The van der Waals surface area contributed by atoms with Crippen molar-refractivity contribution in [3.05, 3.63) is 0 Å². The third kappa shape index (κ3) is 2.99. The SMILES string of the molecule is CC(=O)N[C@H]([C@@H]1C(=O)NN=C1C)C(Cl)(Cl)Cl. The van der Waals surface area contributed by atoms with Gasteiger partial charge in [-0.2, -0.15) is 5.10 Å². The monoisotopic (exact) mass is 285 g/mol. The molecule has 1 rings (SSSR count). The maximum atomic E-state index is 11.5. The van der Waals surface area contributed by atoms with E-state index < -0.39 is 21.7 Å². The molecule has 8 heteroatoms. The van der Waals surface area contributed by atoms with Crippen LogP contribution in [0, 0.1) is 5.92 Å². The number of nitrogens with one attached hydrogen (secondary N) is 2. The lowest BCUT2D eigenvalue weighted by molar-refractivity contribution is -0.123. The Balaban J connectivity index is 2.97. The fraction of sp³-hybridized carbons (Fsp3) is 0.625. The predicted molar refractivity (Wildman–Crippen MR) is 62.6 cm³/mol. The van der Waals surface area contributed by atoms with Crippen molar-refractivity contribution >= 4 is 52.3 Å². The lowest BCUT2D eigenvalue weighted by atomic mass is 9.96. The number of amides is 2. The molecule has 0 aliphatic carbocycles. The average molecular weight is 287 g/mol. The van der Waals surface area contributed by atoms with Gasteiger partial charge in [0.25, 0.3) is 5.91 Å². The Kier molecular flexibility index (Phi) is 4.04. The second-order valence-electron chi connectivity index (χ2n) is 3.43. The van der Waals surface area contributed by atoms with Gasteiger partial charge < -0.3 is 5.32 Å². The van der Waals surface area contributed by atoms with Crippen LogP contribution < -0.4 is 10.7 Å². The average Bonchev–Trinajstić information content (AvgIpc) is 2.41. The van der Waals surface area contributed by atoms with Gasteiger partial charge in [-0.05, 0) is 6.92 Å². The zero-order valence-electron chi connectivity index (χ0n) is 8.55. The Hall–Kier alpha value is -0.520. The molecule has 0 bridgehead atoms. The molecule has 2 amide bonds. The molecule has 1 heterocycles. The van der Waals surface area contributed by atoms with Gasteiger partial charge in [0.2, 0.25) is 9.70 Å². The van der Waals surface area contributed by atoms with E-state index in [4.69, 9.17) is 34.8 Å². The molecule has 0 aromatic rings. The molecule has 2 atom stereocenters. The summed E-state index contributed by atoms with van der Waals surface area (Å²) < 4.78 is -1.78. The molecule has 0 saturated carbocycles. The van der Waals surface area contributed by atoms with Crippen molar-refractivity contribution in [2.75, 3.05) is 0 Å². The van der Waals surface area contributed by atoms with E-state index in [2.05, 4.69) is 15.8 Å². The molecule has 0 saturated heterocycles. The van der Waals surface area contributed by atoms with E-state index in [0.29, 0.717) is 5.71 Å². The van der Waals surface area contributed by atoms with Crippen LogP contribution in [0.25, 0.3) is 0 Å². The van der Waals surface area contributed by atoms with Gasteiger partial charge in [0, 0.05) is 12.6 Å². The van der Waals surface area contributed by atoms with Crippen LogP contribution in [0.4, 0.5) is 0 Å². The Labute approximate surface area is 107 Å². The highest BCUT2D eigenvalue weighted by Crippen LogP contribution is 2.35. The number of carbonyl (C=O) groups is 2. The summed E-state index contributed by atoms with van der Waals surface area (Å²) in [4.78, 5) is 22.5. The second kappa shape index (κ2) is 4.77. The maximum Gasteiger partial charge on any atom is 0.251 e. The molecule has 2 N–H and O–H groups in total. The van der Waals surface area contributed by atoms with E-state index in [-0.39, 0.29) is 5.91 Å². The first-order valence-corrected chi connectivity index (χ1v) is 5.54. The Morgan fingerprint density at radius 3 is 2.44 bits per heavy atom. The highest BCUT2D eigenvalue weighted by Gasteiger charge is 2.46. The van der Waals surface area contributed by atoms with Gasteiger partial charge in [0.1, 0.15) is 5.92 Å². The largest absolute Gasteiger partial charge is 0.348 e. The van der Waals surface area contributed by atoms with Gasteiger partial charge in [-0.3, -0.25) is 9.59 Å². The Bertz CT molecular complexity index is 351. The van der Waals surface area contributed by atoms with Gasteiger partial charge in [-0.1, -0.05) is 34.8 Å². The topological polar surface area (TPSA) is 70.6 Å². The number of halogens is 3. The van der Waals surface area contributed by atoms with Crippen molar-refractivity contribution in [3.63, 3.8) is 0 Å². The number of alkyl halides is 3. The van der Waals surface area contributed by atoms with Crippen molar-refractivity contribution in [3.8, 4) is 0 Å². The maximum absolute atomic E-state index is 11.5. The van der Waals surface area contributed by atoms with E-state index in [0.717, 1.165) is 0 Å². The van der Waals surface area contributed by atoms with E-state index in [9.17, 15) is 9.59 Å². The van der Waals surface area contributed by atoms with Crippen LogP contribution in [0.2, 0.25) is 0 Å². The van der Waals surface area contributed by atoms with Gasteiger partial charge in [-0.15, -0.1) is 0 Å². The first kappa shape index (κ1) is 13.5. The minimum atomic E-state index is -1.78. The predicted octanol–water partition coefficient (Wildman–Crippen LogP) is 0.983. The summed E-state index contributed by atoms with van der Waals surface area (Å²) in [6.45, 7) is 2.90. The van der Waals surface area contributed by atoms with Crippen molar-refractivity contribution in [1.82, 2.24) is 10.7 Å². The van der Waals surface area contributed by atoms with Gasteiger partial charge in [0.15, 0.2) is 0 Å². The lowest BCUT2D eigenvalue weighted by Gasteiger charge is -2.28. The van der Waals surface area contributed by atoms with E-state index in [1.54, 1.807) is 6.92 Å². The molecule has 5 nitrogen and oxygen atoms in total. The number of hydrogen-bond donors (Lipinski definition) is 2. The quantitative estimate of drug-likeness (QED) is 0.743. The summed E-state index contributed by atoms with van der Waals surface area (Å²) in [6, 6.07) is -0.943. The third-order valence-electron chi connectivity index (χ3n) is 2.12. The first-order valence-electron chi connectivity index (χ1n) is 4.41. The molecule has 0 spiro atoms. The Morgan fingerprint density at radius 1 is 1.56 bits per heavy atom. The molecule has 90 valence electrons. The van der Waals surface area contributed by atoms with Crippen LogP contribution in [0.15, 0.2) is 5.10 Å². The van der Waals surface area contributed by atoms with E-state index in [1.807, 2.05) is 0 Å². The zero-order chi connectivity index (χ0) is 12.5. The summed E-state index contributed by atoms with van der Waals surface area (Å²) in [5.41, 5.74) is 2.73. The molecule has 0 aromatic carbocycles. The summed E-state index contributed by atoms with van der Waals surface area (Å²) in [5.74, 6) is -1.55. The normalized spacial score (nSPS) is 22.4. The second-order valence-corrected chi connectivity index (χ2v) is 5.80. The lowest BCUT2D eigenvalue weighted by Crippen LogP contribution is -2.52. The van der Waals surface area contributed by atoms with Gasteiger partial charge in [0.05, 0.1) is 6.04 Å². The standard InChI is InChI=1S/C8H10Cl3N3O2/c1-3-5(7(16)14-13-3)6(8(9,10)11)12-4(2)15/h5-6H,1-2H3,(H,12,15)(H,14,16)/t5-,6-/m1/s1. The van der Waals surface area contributed by atoms with E-state index in [1.165, 1.54) is 6.92 Å². The van der Waals surface area contributed by atoms with Gasteiger partial charge in [-0.25, -0.2) is 5.43 Å². The fourth-order valence-electron chi connectivity index (χ4n) is 1.44. The van der Waals surface area contributed by atoms with Crippen LogP contribution in [-0.2, 0) is 9.59 Å². The molecular formula is C8H10Cl3N3O2. The smallest absolute Gasteiger partial charge is 0.251 e. The van der Waals surface area contributed by atoms with Gasteiger partial charge >= 0.3 is 0 Å². The van der Waals surface area contributed by atoms with Crippen molar-refractivity contribution in [2.24, 2.45) is 11.0 Å². The highest BCUT2D eigenvalue weighted by atomic mass is 35.6. The number of nitrogens with zero attached hydrogens (tertiary/aromatic N) is 1. The summed E-state index contributed by atoms with van der Waals surface area (Å²) >= 11 is 17.2. The van der Waals surface area contributed by atoms with Crippen molar-refractivity contribution in [2.45, 2.75) is 23.7 Å². The van der Waals surface area contributed by atoms with Crippen LogP contribution in [0.1, 0.15) is 13.8 Å². The molecular weight excluding hydrogens is 276 g/mol.